The van der Waals surface area contributed by atoms with Crippen molar-refractivity contribution in [3.05, 3.63) is 108 Å². The van der Waals surface area contributed by atoms with Crippen molar-refractivity contribution in [1.29, 1.82) is 0 Å². The van der Waals surface area contributed by atoms with Gasteiger partial charge in [-0.1, -0.05) is 72.8 Å². The lowest BCUT2D eigenvalue weighted by molar-refractivity contribution is 0.174. The van der Waals surface area contributed by atoms with Crippen molar-refractivity contribution in [2.75, 3.05) is 13.3 Å². The minimum absolute atomic E-state index is 0.316. The molecule has 0 aliphatic carbocycles. The molecule has 31 heavy (non-hydrogen) atoms. The Morgan fingerprint density at radius 2 is 1.32 bits per heavy atom. The molecular formula is C28H27NO2. The van der Waals surface area contributed by atoms with Crippen LogP contribution in [-0.2, 0) is 19.5 Å². The topological polar surface area (TPSA) is 21.7 Å². The van der Waals surface area contributed by atoms with E-state index in [1.54, 1.807) is 0 Å². The van der Waals surface area contributed by atoms with Crippen LogP contribution in [-0.4, -0.2) is 18.2 Å². The van der Waals surface area contributed by atoms with Gasteiger partial charge in [-0.25, -0.2) is 0 Å². The van der Waals surface area contributed by atoms with Gasteiger partial charge in [-0.2, -0.15) is 0 Å². The van der Waals surface area contributed by atoms with E-state index in [-0.39, 0.29) is 0 Å². The maximum Gasteiger partial charge on any atom is 0.231 e. The van der Waals surface area contributed by atoms with E-state index in [4.69, 9.17) is 9.47 Å². The average molecular weight is 410 g/mol. The minimum Gasteiger partial charge on any atom is -0.454 e. The first kappa shape index (κ1) is 19.7. The fraction of sp³-hybridized carbons (Fsp3) is 0.214. The third kappa shape index (κ3) is 4.89. The molecule has 1 heterocycles. The van der Waals surface area contributed by atoms with Crippen molar-refractivity contribution in [3.63, 3.8) is 0 Å². The number of hydrogen-bond donors (Lipinski definition) is 0. The Kier molecular flexibility index (Phi) is 5.85. The van der Waals surface area contributed by atoms with Gasteiger partial charge in [-0.15, -0.1) is 0 Å². The van der Waals surface area contributed by atoms with Crippen LogP contribution < -0.4 is 9.47 Å². The number of fused-ring (bicyclic) bond motifs is 2. The summed E-state index contributed by atoms with van der Waals surface area (Å²) in [6, 6.07) is 32.4. The Labute approximate surface area is 183 Å². The molecule has 0 aromatic heterocycles. The lowest BCUT2D eigenvalue weighted by Crippen LogP contribution is -2.24. The van der Waals surface area contributed by atoms with Gasteiger partial charge < -0.3 is 9.47 Å². The highest BCUT2D eigenvalue weighted by Crippen LogP contribution is 2.33. The van der Waals surface area contributed by atoms with Crippen molar-refractivity contribution in [2.45, 2.75) is 25.9 Å². The van der Waals surface area contributed by atoms with E-state index in [1.807, 2.05) is 6.07 Å². The molecule has 3 heteroatoms. The normalized spacial score (nSPS) is 12.5. The molecule has 0 radical (unpaired) electrons. The van der Waals surface area contributed by atoms with Gasteiger partial charge in [0.25, 0.3) is 0 Å². The maximum absolute atomic E-state index is 5.59. The van der Waals surface area contributed by atoms with Gasteiger partial charge in [0.05, 0.1) is 0 Å². The van der Waals surface area contributed by atoms with Crippen LogP contribution in [0.25, 0.3) is 10.8 Å². The largest absolute Gasteiger partial charge is 0.454 e. The van der Waals surface area contributed by atoms with Crippen LogP contribution >= 0.6 is 0 Å². The average Bonchev–Trinajstić information content (AvgIpc) is 3.28. The Balaban J connectivity index is 1.32. The van der Waals surface area contributed by atoms with Crippen molar-refractivity contribution >= 4 is 10.8 Å². The highest BCUT2D eigenvalue weighted by atomic mass is 16.7. The molecular weight excluding hydrogens is 382 g/mol. The zero-order chi connectivity index (χ0) is 20.9. The van der Waals surface area contributed by atoms with E-state index < -0.39 is 0 Å². The molecule has 0 spiro atoms. The summed E-state index contributed by atoms with van der Waals surface area (Å²) in [5, 5.41) is 2.59. The third-order valence-electron chi connectivity index (χ3n) is 5.85. The minimum atomic E-state index is 0.316. The highest BCUT2D eigenvalue weighted by Gasteiger charge is 2.15. The van der Waals surface area contributed by atoms with Crippen LogP contribution in [0.3, 0.4) is 0 Å². The molecule has 4 aromatic rings. The van der Waals surface area contributed by atoms with Crippen molar-refractivity contribution in [3.8, 4) is 11.5 Å². The summed E-state index contributed by atoms with van der Waals surface area (Å²) in [5.41, 5.74) is 4.00. The van der Waals surface area contributed by atoms with E-state index in [0.717, 1.165) is 44.0 Å². The van der Waals surface area contributed by atoms with Gasteiger partial charge in [-0.3, -0.25) is 4.90 Å². The molecule has 3 nitrogen and oxygen atoms in total. The van der Waals surface area contributed by atoms with Crippen LogP contribution in [0.15, 0.2) is 91.0 Å². The third-order valence-corrected chi connectivity index (χ3v) is 5.85. The van der Waals surface area contributed by atoms with E-state index >= 15 is 0 Å². The summed E-state index contributed by atoms with van der Waals surface area (Å²) in [7, 11) is 0. The molecule has 5 rings (SSSR count). The lowest BCUT2D eigenvalue weighted by Gasteiger charge is -2.23. The smallest absolute Gasteiger partial charge is 0.231 e. The van der Waals surface area contributed by atoms with Gasteiger partial charge in [-0.05, 0) is 65.0 Å². The fourth-order valence-electron chi connectivity index (χ4n) is 4.26. The lowest BCUT2D eigenvalue weighted by atomic mass is 10.1. The van der Waals surface area contributed by atoms with Crippen LogP contribution in [0.5, 0.6) is 11.5 Å². The van der Waals surface area contributed by atoms with Crippen LogP contribution in [0.2, 0.25) is 0 Å². The second-order valence-corrected chi connectivity index (χ2v) is 8.17. The Morgan fingerprint density at radius 3 is 2.19 bits per heavy atom. The standard InChI is InChI=1S/C28H27NO2/c1-2-7-22(8-3-1)9-6-16-29(20-24-13-15-27-28(18-24)31-21-30-27)19-23-12-14-25-10-4-5-11-26(25)17-23/h1-5,7-8,10-15,17-18H,6,9,16,19-21H2. The first-order chi connectivity index (χ1) is 15.3. The zero-order valence-electron chi connectivity index (χ0n) is 17.7. The number of ether oxygens (including phenoxy) is 2. The summed E-state index contributed by atoms with van der Waals surface area (Å²) in [6.07, 6.45) is 2.22. The monoisotopic (exact) mass is 409 g/mol. The molecule has 0 amide bonds. The van der Waals surface area contributed by atoms with Gasteiger partial charge in [0.1, 0.15) is 0 Å². The number of aryl methyl sites for hydroxylation is 1. The van der Waals surface area contributed by atoms with Gasteiger partial charge in [0, 0.05) is 13.1 Å². The molecule has 0 saturated carbocycles. The zero-order valence-corrected chi connectivity index (χ0v) is 17.7. The van der Waals surface area contributed by atoms with E-state index in [9.17, 15) is 0 Å². The molecule has 0 saturated heterocycles. The first-order valence-electron chi connectivity index (χ1n) is 11.0. The summed E-state index contributed by atoms with van der Waals surface area (Å²) < 4.78 is 11.1. The Hall–Kier alpha value is -3.30. The summed E-state index contributed by atoms with van der Waals surface area (Å²) >= 11 is 0. The number of hydrogen-bond acceptors (Lipinski definition) is 3. The van der Waals surface area contributed by atoms with Crippen LogP contribution in [0.4, 0.5) is 0 Å². The molecule has 0 N–H and O–H groups in total. The number of rotatable bonds is 8. The highest BCUT2D eigenvalue weighted by molar-refractivity contribution is 5.82. The SMILES string of the molecule is c1ccc(CCCN(Cc2ccc3c(c2)OCO3)Cc2ccc3ccccc3c2)cc1. The molecule has 0 atom stereocenters. The molecule has 1 aliphatic heterocycles. The molecule has 0 bridgehead atoms. The van der Waals surface area contributed by atoms with E-state index in [1.165, 1.54) is 27.5 Å². The van der Waals surface area contributed by atoms with Gasteiger partial charge in [0.2, 0.25) is 6.79 Å². The van der Waals surface area contributed by atoms with Gasteiger partial charge in [0.15, 0.2) is 11.5 Å². The van der Waals surface area contributed by atoms with E-state index in [2.05, 4.69) is 89.8 Å². The molecule has 156 valence electrons. The maximum atomic E-state index is 5.59. The Morgan fingerprint density at radius 1 is 0.613 bits per heavy atom. The number of nitrogens with zero attached hydrogens (tertiary/aromatic N) is 1. The molecule has 1 aliphatic rings. The van der Waals surface area contributed by atoms with Crippen molar-refractivity contribution < 1.29 is 9.47 Å². The first-order valence-corrected chi connectivity index (χ1v) is 11.0. The van der Waals surface area contributed by atoms with Crippen LogP contribution in [0.1, 0.15) is 23.1 Å². The predicted octanol–water partition coefficient (Wildman–Crippen LogP) is 6.20. The van der Waals surface area contributed by atoms with Crippen LogP contribution in [0, 0.1) is 0 Å². The Bertz CT molecular complexity index is 1160. The quantitative estimate of drug-likeness (QED) is 0.346. The van der Waals surface area contributed by atoms with Crippen molar-refractivity contribution in [1.82, 2.24) is 4.90 Å². The number of benzene rings is 4. The van der Waals surface area contributed by atoms with Gasteiger partial charge >= 0.3 is 0 Å². The molecule has 4 aromatic carbocycles. The summed E-state index contributed by atoms with van der Waals surface area (Å²) in [5.74, 6) is 1.70. The summed E-state index contributed by atoms with van der Waals surface area (Å²) in [4.78, 5) is 2.53. The van der Waals surface area contributed by atoms with E-state index in [0.29, 0.717) is 6.79 Å². The second-order valence-electron chi connectivity index (χ2n) is 8.17. The fourth-order valence-corrected chi connectivity index (χ4v) is 4.26. The van der Waals surface area contributed by atoms with Crippen molar-refractivity contribution in [2.24, 2.45) is 0 Å². The summed E-state index contributed by atoms with van der Waals surface area (Å²) in [6.45, 7) is 3.17. The second kappa shape index (κ2) is 9.23. The molecule has 0 fully saturated rings. The molecule has 0 unspecified atom stereocenters. The predicted molar refractivity (Wildman–Crippen MR) is 125 cm³/mol.